The molecule has 0 bridgehead atoms. The molecule has 1 aromatic rings. The van der Waals surface area contributed by atoms with Gasteiger partial charge in [-0.15, -0.1) is 11.8 Å². The Labute approximate surface area is 129 Å². The van der Waals surface area contributed by atoms with E-state index < -0.39 is 0 Å². The first-order valence-corrected chi connectivity index (χ1v) is 8.11. The van der Waals surface area contributed by atoms with Crippen molar-refractivity contribution >= 4 is 35.0 Å². The molecule has 3 nitrogen and oxygen atoms in total. The first kappa shape index (κ1) is 15.5. The van der Waals surface area contributed by atoms with Gasteiger partial charge >= 0.3 is 5.97 Å². The lowest BCUT2D eigenvalue weighted by molar-refractivity contribution is 0.0597. The molecule has 0 spiro atoms. The fourth-order valence-electron chi connectivity index (χ4n) is 2.65. The van der Waals surface area contributed by atoms with Crippen molar-refractivity contribution in [3.8, 4) is 0 Å². The Morgan fingerprint density at radius 2 is 2.20 bits per heavy atom. The van der Waals surface area contributed by atoms with Gasteiger partial charge in [-0.3, -0.25) is 0 Å². The van der Waals surface area contributed by atoms with Crippen LogP contribution in [0.1, 0.15) is 43.0 Å². The quantitative estimate of drug-likeness (QED) is 0.664. The number of ether oxygens (including phenoxy) is 1. The second-order valence-electron chi connectivity index (χ2n) is 5.38. The molecule has 5 heteroatoms. The van der Waals surface area contributed by atoms with Crippen molar-refractivity contribution in [1.82, 2.24) is 0 Å². The molecule has 0 heterocycles. The Morgan fingerprint density at radius 1 is 1.45 bits per heavy atom. The molecule has 1 aromatic carbocycles. The highest BCUT2D eigenvalue weighted by Crippen LogP contribution is 2.41. The van der Waals surface area contributed by atoms with Crippen molar-refractivity contribution < 1.29 is 9.53 Å². The zero-order valence-electron chi connectivity index (χ0n) is 11.8. The Hall–Kier alpha value is -0.870. The standard InChI is InChI=1S/C15H20ClNO2S/c1-9-4-3-5-11(6-9)20-14-12(15(18)19-2)7-10(17)8-13(14)16/h7-9,11H,3-6,17H2,1-2H3. The number of nitrogen functional groups attached to an aromatic ring is 1. The van der Waals surface area contributed by atoms with E-state index in [2.05, 4.69) is 6.92 Å². The number of carbonyl (C=O) groups excluding carboxylic acids is 1. The number of methoxy groups -OCH3 is 1. The summed E-state index contributed by atoms with van der Waals surface area (Å²) in [4.78, 5) is 12.7. The average Bonchev–Trinajstić information content (AvgIpc) is 2.40. The van der Waals surface area contributed by atoms with Crippen molar-refractivity contribution in [2.75, 3.05) is 12.8 Å². The number of benzene rings is 1. The van der Waals surface area contributed by atoms with Crippen LogP contribution < -0.4 is 5.73 Å². The summed E-state index contributed by atoms with van der Waals surface area (Å²) in [5, 5.41) is 1.04. The number of nitrogens with two attached hydrogens (primary N) is 1. The number of rotatable bonds is 3. The van der Waals surface area contributed by atoms with Gasteiger partial charge in [0, 0.05) is 15.8 Å². The van der Waals surface area contributed by atoms with Crippen LogP contribution in [0.2, 0.25) is 5.02 Å². The molecule has 0 amide bonds. The number of carbonyl (C=O) groups is 1. The van der Waals surface area contributed by atoms with Gasteiger partial charge in [-0.25, -0.2) is 4.79 Å². The van der Waals surface area contributed by atoms with Crippen molar-refractivity contribution in [2.24, 2.45) is 5.92 Å². The van der Waals surface area contributed by atoms with Crippen LogP contribution in [0.4, 0.5) is 5.69 Å². The molecule has 2 unspecified atom stereocenters. The van der Waals surface area contributed by atoms with Gasteiger partial charge in [-0.05, 0) is 30.9 Å². The van der Waals surface area contributed by atoms with E-state index in [0.29, 0.717) is 21.5 Å². The van der Waals surface area contributed by atoms with E-state index in [-0.39, 0.29) is 5.97 Å². The Bertz CT molecular complexity index is 507. The summed E-state index contributed by atoms with van der Waals surface area (Å²) in [5.74, 6) is 0.348. The molecule has 20 heavy (non-hydrogen) atoms. The monoisotopic (exact) mass is 313 g/mol. The molecule has 1 aliphatic rings. The number of halogens is 1. The van der Waals surface area contributed by atoms with Crippen LogP contribution in [0.5, 0.6) is 0 Å². The maximum atomic E-state index is 11.9. The van der Waals surface area contributed by atoms with Crippen LogP contribution in [-0.4, -0.2) is 18.3 Å². The lowest BCUT2D eigenvalue weighted by Crippen LogP contribution is -2.16. The van der Waals surface area contributed by atoms with Gasteiger partial charge in [0.25, 0.3) is 0 Å². The van der Waals surface area contributed by atoms with Gasteiger partial charge in [0.05, 0.1) is 17.7 Å². The lowest BCUT2D eigenvalue weighted by Gasteiger charge is -2.27. The number of hydrogen-bond acceptors (Lipinski definition) is 4. The van der Waals surface area contributed by atoms with Crippen LogP contribution in [-0.2, 0) is 4.74 Å². The van der Waals surface area contributed by atoms with Gasteiger partial charge in [0.1, 0.15) is 0 Å². The smallest absolute Gasteiger partial charge is 0.339 e. The molecule has 0 aliphatic heterocycles. The van der Waals surface area contributed by atoms with Crippen LogP contribution in [0.15, 0.2) is 17.0 Å². The van der Waals surface area contributed by atoms with Gasteiger partial charge < -0.3 is 10.5 Å². The SMILES string of the molecule is COC(=O)c1cc(N)cc(Cl)c1SC1CCCC(C)C1. The van der Waals surface area contributed by atoms with E-state index in [1.165, 1.54) is 20.0 Å². The molecule has 1 aliphatic carbocycles. The molecule has 0 radical (unpaired) electrons. The maximum absolute atomic E-state index is 11.9. The molecular weight excluding hydrogens is 294 g/mol. The number of hydrogen-bond donors (Lipinski definition) is 1. The Kier molecular flexibility index (Phi) is 5.22. The van der Waals surface area contributed by atoms with E-state index in [4.69, 9.17) is 22.1 Å². The minimum absolute atomic E-state index is 0.384. The highest BCUT2D eigenvalue weighted by Gasteiger charge is 2.24. The molecule has 1 saturated carbocycles. The first-order chi connectivity index (χ1) is 9.51. The van der Waals surface area contributed by atoms with Gasteiger partial charge in [-0.1, -0.05) is 31.4 Å². The second kappa shape index (κ2) is 6.72. The molecule has 0 aromatic heterocycles. The van der Waals surface area contributed by atoms with Crippen molar-refractivity contribution in [3.63, 3.8) is 0 Å². The fourth-order valence-corrected chi connectivity index (χ4v) is 4.49. The second-order valence-corrected chi connectivity index (χ2v) is 7.10. The van der Waals surface area contributed by atoms with Crippen molar-refractivity contribution in [2.45, 2.75) is 42.8 Å². The number of anilines is 1. The third-order valence-corrected chi connectivity index (χ3v) is 5.49. The average molecular weight is 314 g/mol. The summed E-state index contributed by atoms with van der Waals surface area (Å²) in [5.41, 5.74) is 6.73. The summed E-state index contributed by atoms with van der Waals surface area (Å²) in [6.07, 6.45) is 4.84. The van der Waals surface area contributed by atoms with Gasteiger partial charge in [0.15, 0.2) is 0 Å². The third-order valence-electron chi connectivity index (χ3n) is 3.64. The summed E-state index contributed by atoms with van der Waals surface area (Å²) in [6.45, 7) is 2.28. The van der Waals surface area contributed by atoms with E-state index >= 15 is 0 Å². The van der Waals surface area contributed by atoms with Crippen molar-refractivity contribution in [3.05, 3.63) is 22.7 Å². The zero-order valence-corrected chi connectivity index (χ0v) is 13.4. The third kappa shape index (κ3) is 3.61. The lowest BCUT2D eigenvalue weighted by atomic mass is 9.91. The Balaban J connectivity index is 2.27. The first-order valence-electron chi connectivity index (χ1n) is 6.85. The number of thioether (sulfide) groups is 1. The topological polar surface area (TPSA) is 52.3 Å². The highest BCUT2D eigenvalue weighted by molar-refractivity contribution is 8.00. The van der Waals surface area contributed by atoms with E-state index in [9.17, 15) is 4.79 Å². The molecule has 2 N–H and O–H groups in total. The summed E-state index contributed by atoms with van der Waals surface area (Å²) >= 11 is 7.97. The minimum Gasteiger partial charge on any atom is -0.465 e. The van der Waals surface area contributed by atoms with Crippen LogP contribution in [0, 0.1) is 5.92 Å². The molecule has 110 valence electrons. The summed E-state index contributed by atoms with van der Waals surface area (Å²) in [6, 6.07) is 3.34. The minimum atomic E-state index is -0.384. The van der Waals surface area contributed by atoms with Crippen LogP contribution in [0.25, 0.3) is 0 Å². The molecule has 1 fully saturated rings. The van der Waals surface area contributed by atoms with Crippen molar-refractivity contribution in [1.29, 1.82) is 0 Å². The fraction of sp³-hybridized carbons (Fsp3) is 0.533. The normalized spacial score (nSPS) is 22.6. The van der Waals surface area contributed by atoms with Gasteiger partial charge in [-0.2, -0.15) is 0 Å². The predicted molar refractivity (Wildman–Crippen MR) is 84.5 cm³/mol. The zero-order chi connectivity index (χ0) is 14.7. The number of esters is 1. The van der Waals surface area contributed by atoms with Gasteiger partial charge in [0.2, 0.25) is 0 Å². The largest absolute Gasteiger partial charge is 0.465 e. The molecular formula is C15H20ClNO2S. The van der Waals surface area contributed by atoms with E-state index in [0.717, 1.165) is 23.7 Å². The molecule has 0 saturated heterocycles. The van der Waals surface area contributed by atoms with E-state index in [1.54, 1.807) is 23.9 Å². The summed E-state index contributed by atoms with van der Waals surface area (Å²) < 4.78 is 4.83. The molecule has 2 atom stereocenters. The van der Waals surface area contributed by atoms with Crippen LogP contribution in [0.3, 0.4) is 0 Å². The summed E-state index contributed by atoms with van der Waals surface area (Å²) in [7, 11) is 1.37. The van der Waals surface area contributed by atoms with E-state index in [1.807, 2.05) is 0 Å². The van der Waals surface area contributed by atoms with Crippen LogP contribution >= 0.6 is 23.4 Å². The highest BCUT2D eigenvalue weighted by atomic mass is 35.5. The maximum Gasteiger partial charge on any atom is 0.339 e. The molecule has 2 rings (SSSR count). The predicted octanol–water partition coefficient (Wildman–Crippen LogP) is 4.38. The Morgan fingerprint density at radius 3 is 2.85 bits per heavy atom.